The number of benzene rings is 2. The van der Waals surface area contributed by atoms with Crippen LogP contribution in [0.3, 0.4) is 0 Å². The number of rotatable bonds is 4. The lowest BCUT2D eigenvalue weighted by Crippen LogP contribution is -2.49. The van der Waals surface area contributed by atoms with E-state index in [-0.39, 0.29) is 18.1 Å². The highest BCUT2D eigenvalue weighted by molar-refractivity contribution is 5.78. The molecule has 1 N–H and O–H groups in total. The van der Waals surface area contributed by atoms with Gasteiger partial charge in [-0.25, -0.2) is 0 Å². The van der Waals surface area contributed by atoms with Crippen molar-refractivity contribution in [2.45, 2.75) is 25.0 Å². The van der Waals surface area contributed by atoms with Crippen LogP contribution in [0.4, 0.5) is 0 Å². The van der Waals surface area contributed by atoms with E-state index >= 15 is 0 Å². The lowest BCUT2D eigenvalue weighted by Gasteiger charge is -2.38. The Morgan fingerprint density at radius 2 is 1.96 bits per heavy atom. The highest BCUT2D eigenvalue weighted by Crippen LogP contribution is 2.34. The second kappa shape index (κ2) is 8.11. The van der Waals surface area contributed by atoms with Gasteiger partial charge >= 0.3 is 0 Å². The first kappa shape index (κ1) is 18.0. The Morgan fingerprint density at radius 1 is 1.19 bits per heavy atom. The van der Waals surface area contributed by atoms with Crippen LogP contribution in [0.1, 0.15) is 35.3 Å². The number of hydrogen-bond acceptors (Lipinski definition) is 4. The van der Waals surface area contributed by atoms with Gasteiger partial charge < -0.3 is 19.7 Å². The summed E-state index contributed by atoms with van der Waals surface area (Å²) in [4.78, 5) is 15.2. The van der Waals surface area contributed by atoms with E-state index in [4.69, 9.17) is 9.47 Å². The molecule has 2 aromatic carbocycles. The number of para-hydroxylation sites is 1. The predicted molar refractivity (Wildman–Crippen MR) is 104 cm³/mol. The molecule has 0 aliphatic carbocycles. The van der Waals surface area contributed by atoms with E-state index in [0.29, 0.717) is 19.6 Å². The lowest BCUT2D eigenvalue weighted by atomic mass is 9.94. The molecule has 1 amide bonds. The van der Waals surface area contributed by atoms with Crippen LogP contribution in [0, 0.1) is 0 Å². The molecular weight excluding hydrogens is 340 g/mol. The Labute approximate surface area is 160 Å². The van der Waals surface area contributed by atoms with Crippen molar-refractivity contribution in [3.8, 4) is 5.75 Å². The van der Waals surface area contributed by atoms with Gasteiger partial charge in [-0.1, -0.05) is 42.5 Å². The third-order valence-corrected chi connectivity index (χ3v) is 5.51. The summed E-state index contributed by atoms with van der Waals surface area (Å²) in [6, 6.07) is 16.2. The molecule has 4 rings (SSSR count). The van der Waals surface area contributed by atoms with Crippen LogP contribution in [0.15, 0.2) is 48.5 Å². The van der Waals surface area contributed by atoms with Crippen molar-refractivity contribution in [3.63, 3.8) is 0 Å². The lowest BCUT2D eigenvalue weighted by molar-refractivity contribution is -0.138. The number of fused-ring (bicyclic) bond motifs is 1. The first-order chi connectivity index (χ1) is 13.3. The zero-order valence-corrected chi connectivity index (χ0v) is 15.7. The quantitative estimate of drug-likeness (QED) is 0.904. The average molecular weight is 366 g/mol. The molecule has 2 aliphatic rings. The fraction of sp³-hybridized carbons (Fsp3) is 0.409. The molecule has 1 saturated heterocycles. The van der Waals surface area contributed by atoms with E-state index in [2.05, 4.69) is 23.5 Å². The van der Waals surface area contributed by atoms with Crippen LogP contribution < -0.4 is 10.1 Å². The van der Waals surface area contributed by atoms with Crippen molar-refractivity contribution in [2.75, 3.05) is 33.4 Å². The minimum absolute atomic E-state index is 0.0266. The fourth-order valence-corrected chi connectivity index (χ4v) is 4.14. The number of methoxy groups -OCH3 is 1. The van der Waals surface area contributed by atoms with E-state index in [1.54, 1.807) is 7.11 Å². The van der Waals surface area contributed by atoms with Crippen LogP contribution >= 0.6 is 0 Å². The summed E-state index contributed by atoms with van der Waals surface area (Å²) in [6.07, 6.45) is 1.14. The van der Waals surface area contributed by atoms with E-state index in [1.165, 1.54) is 5.56 Å². The largest absolute Gasteiger partial charge is 0.496 e. The van der Waals surface area contributed by atoms with Crippen molar-refractivity contribution in [1.29, 1.82) is 0 Å². The molecule has 0 radical (unpaired) electrons. The molecule has 5 heteroatoms. The van der Waals surface area contributed by atoms with Crippen LogP contribution in [0.2, 0.25) is 0 Å². The van der Waals surface area contributed by atoms with Crippen LogP contribution in [0.5, 0.6) is 5.75 Å². The Bertz CT molecular complexity index is 808. The molecule has 0 saturated carbocycles. The van der Waals surface area contributed by atoms with E-state index in [0.717, 1.165) is 36.4 Å². The maximum Gasteiger partial charge on any atom is 0.226 e. The molecule has 0 bridgehead atoms. The SMILES string of the molecule is COc1ccccc1C1CNCCN1C(=O)CC1OCCc2ccccc21. The number of carbonyl (C=O) groups excluding carboxylic acids is 1. The van der Waals surface area contributed by atoms with E-state index < -0.39 is 0 Å². The summed E-state index contributed by atoms with van der Waals surface area (Å²) < 4.78 is 11.5. The van der Waals surface area contributed by atoms with E-state index in [9.17, 15) is 4.79 Å². The van der Waals surface area contributed by atoms with Crippen molar-refractivity contribution in [3.05, 3.63) is 65.2 Å². The molecule has 2 aromatic rings. The molecule has 27 heavy (non-hydrogen) atoms. The maximum atomic E-state index is 13.2. The van der Waals surface area contributed by atoms with E-state index in [1.807, 2.05) is 35.2 Å². The van der Waals surface area contributed by atoms with Crippen LogP contribution in [-0.4, -0.2) is 44.2 Å². The molecule has 0 aromatic heterocycles. The Balaban J connectivity index is 1.55. The van der Waals surface area contributed by atoms with Crippen LogP contribution in [0.25, 0.3) is 0 Å². The number of carbonyl (C=O) groups is 1. The summed E-state index contributed by atoms with van der Waals surface area (Å²) in [5.41, 5.74) is 3.50. The summed E-state index contributed by atoms with van der Waals surface area (Å²) in [7, 11) is 1.67. The molecule has 2 aliphatic heterocycles. The summed E-state index contributed by atoms with van der Waals surface area (Å²) >= 11 is 0. The number of hydrogen-bond donors (Lipinski definition) is 1. The van der Waals surface area contributed by atoms with Gasteiger partial charge in [0.2, 0.25) is 5.91 Å². The first-order valence-corrected chi connectivity index (χ1v) is 9.60. The molecule has 0 spiro atoms. The standard InChI is InChI=1S/C22H26N2O3/c1-26-20-9-5-4-8-18(20)19-15-23-11-12-24(19)22(25)14-21-17-7-3-2-6-16(17)10-13-27-21/h2-9,19,21,23H,10-15H2,1H3. The highest BCUT2D eigenvalue weighted by Gasteiger charge is 2.32. The molecular formula is C22H26N2O3. The maximum absolute atomic E-state index is 13.2. The molecule has 2 unspecified atom stereocenters. The summed E-state index contributed by atoms with van der Waals surface area (Å²) in [5, 5.41) is 3.41. The zero-order valence-electron chi connectivity index (χ0n) is 15.7. The Morgan fingerprint density at radius 3 is 2.81 bits per heavy atom. The smallest absolute Gasteiger partial charge is 0.226 e. The summed E-state index contributed by atoms with van der Waals surface area (Å²) in [5.74, 6) is 0.956. The first-order valence-electron chi connectivity index (χ1n) is 9.60. The van der Waals surface area contributed by atoms with Gasteiger partial charge in [-0.05, 0) is 23.6 Å². The van der Waals surface area contributed by atoms with Crippen molar-refractivity contribution < 1.29 is 14.3 Å². The summed E-state index contributed by atoms with van der Waals surface area (Å²) in [6.45, 7) is 2.90. The van der Waals surface area contributed by atoms with Gasteiger partial charge in [0.25, 0.3) is 0 Å². The topological polar surface area (TPSA) is 50.8 Å². The van der Waals surface area contributed by atoms with Gasteiger partial charge in [0.15, 0.2) is 0 Å². The van der Waals surface area contributed by atoms with Gasteiger partial charge in [0.1, 0.15) is 5.75 Å². The second-order valence-corrected chi connectivity index (χ2v) is 7.06. The number of amides is 1. The van der Waals surface area contributed by atoms with Crippen molar-refractivity contribution in [1.82, 2.24) is 10.2 Å². The van der Waals surface area contributed by atoms with Crippen molar-refractivity contribution >= 4 is 5.91 Å². The Hall–Kier alpha value is -2.37. The number of nitrogens with one attached hydrogen (secondary N) is 1. The third kappa shape index (κ3) is 3.70. The monoisotopic (exact) mass is 366 g/mol. The zero-order chi connectivity index (χ0) is 18.6. The molecule has 5 nitrogen and oxygen atoms in total. The predicted octanol–water partition coefficient (Wildman–Crippen LogP) is 2.87. The van der Waals surface area contributed by atoms with Gasteiger partial charge in [0, 0.05) is 25.2 Å². The minimum Gasteiger partial charge on any atom is -0.496 e. The fourth-order valence-electron chi connectivity index (χ4n) is 4.14. The third-order valence-electron chi connectivity index (χ3n) is 5.51. The molecule has 1 fully saturated rings. The minimum atomic E-state index is -0.157. The molecule has 142 valence electrons. The Kier molecular flexibility index (Phi) is 5.41. The second-order valence-electron chi connectivity index (χ2n) is 7.06. The van der Waals surface area contributed by atoms with Gasteiger partial charge in [-0.2, -0.15) is 0 Å². The average Bonchev–Trinajstić information content (AvgIpc) is 2.74. The van der Waals surface area contributed by atoms with Gasteiger partial charge in [-0.3, -0.25) is 4.79 Å². The highest BCUT2D eigenvalue weighted by atomic mass is 16.5. The number of ether oxygens (including phenoxy) is 2. The molecule has 2 heterocycles. The van der Waals surface area contributed by atoms with Gasteiger partial charge in [0.05, 0.1) is 32.3 Å². The normalized spacial score (nSPS) is 22.2. The number of piperazine rings is 1. The van der Waals surface area contributed by atoms with Gasteiger partial charge in [-0.15, -0.1) is 0 Å². The van der Waals surface area contributed by atoms with Crippen molar-refractivity contribution in [2.24, 2.45) is 0 Å². The van der Waals surface area contributed by atoms with Crippen LogP contribution in [-0.2, 0) is 16.0 Å². The number of nitrogens with zero attached hydrogens (tertiary/aromatic N) is 1. The molecule has 2 atom stereocenters.